The van der Waals surface area contributed by atoms with Gasteiger partial charge in [0.2, 0.25) is 5.91 Å². The second kappa shape index (κ2) is 7.45. The molecule has 5 nitrogen and oxygen atoms in total. The summed E-state index contributed by atoms with van der Waals surface area (Å²) in [6, 6.07) is 11.3. The van der Waals surface area contributed by atoms with Crippen LogP contribution < -0.4 is 15.0 Å². The number of para-hydroxylation sites is 2. The molecule has 1 N–H and O–H groups in total. The predicted octanol–water partition coefficient (Wildman–Crippen LogP) is 2.86. The van der Waals surface area contributed by atoms with E-state index in [1.54, 1.807) is 13.3 Å². The third-order valence-electron chi connectivity index (χ3n) is 3.34. The van der Waals surface area contributed by atoms with Crippen LogP contribution in [0.1, 0.15) is 12.6 Å². The molecular weight excluding hydrogens is 278 g/mol. The average Bonchev–Trinajstić information content (AvgIpc) is 2.53. The molecule has 2 aromatic rings. The van der Waals surface area contributed by atoms with Gasteiger partial charge in [-0.1, -0.05) is 12.1 Å². The fourth-order valence-electron chi connectivity index (χ4n) is 2.22. The minimum Gasteiger partial charge on any atom is -0.495 e. The van der Waals surface area contributed by atoms with E-state index in [4.69, 9.17) is 4.74 Å². The monoisotopic (exact) mass is 299 g/mol. The molecule has 1 aromatic carbocycles. The smallest absolute Gasteiger partial charge is 0.243 e. The molecule has 0 atom stereocenters. The highest BCUT2D eigenvalue weighted by Gasteiger charge is 2.12. The molecule has 22 heavy (non-hydrogen) atoms. The van der Waals surface area contributed by atoms with Crippen molar-refractivity contribution in [3.63, 3.8) is 0 Å². The number of methoxy groups -OCH3 is 1. The van der Waals surface area contributed by atoms with E-state index in [9.17, 15) is 4.79 Å². The number of carbonyl (C=O) groups is 1. The van der Waals surface area contributed by atoms with Crippen LogP contribution in [0.15, 0.2) is 42.6 Å². The highest BCUT2D eigenvalue weighted by molar-refractivity contribution is 5.95. The summed E-state index contributed by atoms with van der Waals surface area (Å²) in [6.07, 6.45) is 1.76. The summed E-state index contributed by atoms with van der Waals surface area (Å²) in [7, 11) is 1.59. The Kier molecular flexibility index (Phi) is 5.36. The van der Waals surface area contributed by atoms with Crippen LogP contribution in [0.25, 0.3) is 0 Å². The third kappa shape index (κ3) is 3.97. The van der Waals surface area contributed by atoms with Crippen LogP contribution in [-0.4, -0.2) is 31.1 Å². The summed E-state index contributed by atoms with van der Waals surface area (Å²) in [6.45, 7) is 4.97. The Hall–Kier alpha value is -2.56. The maximum absolute atomic E-state index is 12.3. The van der Waals surface area contributed by atoms with E-state index in [0.717, 1.165) is 17.9 Å². The van der Waals surface area contributed by atoms with E-state index in [0.29, 0.717) is 11.4 Å². The zero-order chi connectivity index (χ0) is 15.9. The van der Waals surface area contributed by atoms with Crippen molar-refractivity contribution in [2.75, 3.05) is 30.4 Å². The van der Waals surface area contributed by atoms with Crippen LogP contribution in [0.4, 0.5) is 11.4 Å². The Morgan fingerprint density at radius 2 is 2.09 bits per heavy atom. The lowest BCUT2D eigenvalue weighted by atomic mass is 10.2. The summed E-state index contributed by atoms with van der Waals surface area (Å²) in [4.78, 5) is 18.5. The van der Waals surface area contributed by atoms with Gasteiger partial charge in [-0.2, -0.15) is 0 Å². The highest BCUT2D eigenvalue weighted by Crippen LogP contribution is 2.23. The van der Waals surface area contributed by atoms with Gasteiger partial charge in [0.25, 0.3) is 0 Å². The van der Waals surface area contributed by atoms with Crippen molar-refractivity contribution in [3.05, 3.63) is 48.3 Å². The van der Waals surface area contributed by atoms with Crippen LogP contribution in [0, 0.1) is 6.92 Å². The van der Waals surface area contributed by atoms with Crippen LogP contribution in [-0.2, 0) is 4.79 Å². The van der Waals surface area contributed by atoms with Crippen LogP contribution in [0.5, 0.6) is 5.75 Å². The number of hydrogen-bond acceptors (Lipinski definition) is 4. The lowest BCUT2D eigenvalue weighted by molar-refractivity contribution is -0.115. The first-order chi connectivity index (χ1) is 10.6. The molecule has 0 aliphatic rings. The number of nitrogens with one attached hydrogen (secondary N) is 1. The number of hydrogen-bond donors (Lipinski definition) is 1. The maximum Gasteiger partial charge on any atom is 0.243 e. The number of carbonyl (C=O) groups excluding carboxylic acids is 1. The molecule has 0 unspecified atom stereocenters. The molecule has 0 saturated heterocycles. The van der Waals surface area contributed by atoms with Gasteiger partial charge in [0, 0.05) is 24.1 Å². The summed E-state index contributed by atoms with van der Waals surface area (Å²) in [5.74, 6) is 0.569. The molecule has 5 heteroatoms. The van der Waals surface area contributed by atoms with E-state index >= 15 is 0 Å². The second-order valence-corrected chi connectivity index (χ2v) is 4.92. The fraction of sp³-hybridized carbons (Fsp3) is 0.294. The molecule has 0 radical (unpaired) electrons. The van der Waals surface area contributed by atoms with Crippen molar-refractivity contribution in [1.29, 1.82) is 0 Å². The molecule has 0 bridgehead atoms. The Balaban J connectivity index is 2.06. The normalized spacial score (nSPS) is 10.1. The number of amides is 1. The van der Waals surface area contributed by atoms with Gasteiger partial charge in [0.1, 0.15) is 5.75 Å². The Morgan fingerprint density at radius 1 is 1.32 bits per heavy atom. The second-order valence-electron chi connectivity index (χ2n) is 4.92. The lowest BCUT2D eigenvalue weighted by Gasteiger charge is -2.22. The van der Waals surface area contributed by atoms with Gasteiger partial charge in [-0.3, -0.25) is 9.78 Å². The molecule has 0 aliphatic carbocycles. The van der Waals surface area contributed by atoms with E-state index < -0.39 is 0 Å². The van der Waals surface area contributed by atoms with Gasteiger partial charge in [0.05, 0.1) is 19.3 Å². The predicted molar refractivity (Wildman–Crippen MR) is 88.5 cm³/mol. The van der Waals surface area contributed by atoms with E-state index in [2.05, 4.69) is 10.3 Å². The quantitative estimate of drug-likeness (QED) is 0.891. The maximum atomic E-state index is 12.3. The van der Waals surface area contributed by atoms with Gasteiger partial charge < -0.3 is 15.0 Å². The summed E-state index contributed by atoms with van der Waals surface area (Å²) in [5.41, 5.74) is 2.60. The van der Waals surface area contributed by atoms with Crippen molar-refractivity contribution in [2.24, 2.45) is 0 Å². The van der Waals surface area contributed by atoms with Gasteiger partial charge in [-0.25, -0.2) is 0 Å². The minimum atomic E-state index is -0.0826. The number of anilines is 2. The van der Waals surface area contributed by atoms with E-state index in [-0.39, 0.29) is 12.5 Å². The number of nitrogens with zero attached hydrogens (tertiary/aromatic N) is 2. The number of aryl methyl sites for hydroxylation is 1. The topological polar surface area (TPSA) is 54.5 Å². The number of ether oxygens (including phenoxy) is 1. The standard InChI is InChI=1S/C17H21N3O2/c1-4-20(14-9-10-18-13(2)11-14)12-17(21)19-15-7-5-6-8-16(15)22-3/h5-11H,4,12H2,1-3H3,(H,19,21). The lowest BCUT2D eigenvalue weighted by Crippen LogP contribution is -2.33. The van der Waals surface area contributed by atoms with Crippen molar-refractivity contribution >= 4 is 17.3 Å². The van der Waals surface area contributed by atoms with E-state index in [1.807, 2.05) is 55.1 Å². The zero-order valence-electron chi connectivity index (χ0n) is 13.2. The van der Waals surface area contributed by atoms with Crippen LogP contribution >= 0.6 is 0 Å². The number of likely N-dealkylation sites (N-methyl/N-ethyl adjacent to an activating group) is 1. The molecule has 2 rings (SSSR count). The molecular formula is C17H21N3O2. The summed E-state index contributed by atoms with van der Waals surface area (Å²) in [5, 5.41) is 2.89. The minimum absolute atomic E-state index is 0.0826. The number of rotatable bonds is 6. The number of aromatic nitrogens is 1. The van der Waals surface area contributed by atoms with Gasteiger partial charge in [-0.05, 0) is 38.1 Å². The Labute approximate surface area is 130 Å². The van der Waals surface area contributed by atoms with Gasteiger partial charge >= 0.3 is 0 Å². The van der Waals surface area contributed by atoms with Crippen LogP contribution in [0.2, 0.25) is 0 Å². The molecule has 0 aliphatic heterocycles. The van der Waals surface area contributed by atoms with Gasteiger partial charge in [0.15, 0.2) is 0 Å². The van der Waals surface area contributed by atoms with Crippen molar-refractivity contribution in [2.45, 2.75) is 13.8 Å². The summed E-state index contributed by atoms with van der Waals surface area (Å²) >= 11 is 0. The van der Waals surface area contributed by atoms with E-state index in [1.165, 1.54) is 0 Å². The third-order valence-corrected chi connectivity index (χ3v) is 3.34. The van der Waals surface area contributed by atoms with Crippen LogP contribution in [0.3, 0.4) is 0 Å². The average molecular weight is 299 g/mol. The number of pyridine rings is 1. The molecule has 0 fully saturated rings. The Bertz CT molecular complexity index is 643. The summed E-state index contributed by atoms with van der Waals surface area (Å²) < 4.78 is 5.24. The first-order valence-corrected chi connectivity index (χ1v) is 7.24. The first kappa shape index (κ1) is 15.8. The SMILES string of the molecule is CCN(CC(=O)Nc1ccccc1OC)c1ccnc(C)c1. The molecule has 1 heterocycles. The number of benzene rings is 1. The molecule has 116 valence electrons. The zero-order valence-corrected chi connectivity index (χ0v) is 13.2. The fourth-order valence-corrected chi connectivity index (χ4v) is 2.22. The Morgan fingerprint density at radius 3 is 2.77 bits per heavy atom. The highest BCUT2D eigenvalue weighted by atomic mass is 16.5. The first-order valence-electron chi connectivity index (χ1n) is 7.24. The van der Waals surface area contributed by atoms with Crippen molar-refractivity contribution < 1.29 is 9.53 Å². The van der Waals surface area contributed by atoms with Gasteiger partial charge in [-0.15, -0.1) is 0 Å². The molecule has 0 saturated carbocycles. The largest absolute Gasteiger partial charge is 0.495 e. The van der Waals surface area contributed by atoms with Crippen molar-refractivity contribution in [3.8, 4) is 5.75 Å². The van der Waals surface area contributed by atoms with Crippen molar-refractivity contribution in [1.82, 2.24) is 4.98 Å². The molecule has 0 spiro atoms. The molecule has 1 amide bonds. The molecule has 1 aromatic heterocycles.